The van der Waals surface area contributed by atoms with Gasteiger partial charge in [-0.25, -0.2) is 10.1 Å². The Morgan fingerprint density at radius 3 is 2.59 bits per heavy atom. The fraction of sp³-hybridized carbons (Fsp3) is 0.200. The molecule has 0 unspecified atom stereocenters. The molecule has 0 saturated heterocycles. The monoisotopic (exact) mass is 430 g/mol. The number of amides is 1. The summed E-state index contributed by atoms with van der Waals surface area (Å²) >= 11 is 0. The minimum absolute atomic E-state index is 0.128. The molecule has 1 amide bonds. The molecular weight excluding hydrogens is 404 g/mol. The fourth-order valence-electron chi connectivity index (χ4n) is 3.56. The van der Waals surface area contributed by atoms with E-state index in [1.807, 2.05) is 42.6 Å². The molecule has 1 heterocycles. The van der Waals surface area contributed by atoms with E-state index >= 15 is 0 Å². The van der Waals surface area contributed by atoms with Crippen LogP contribution >= 0.6 is 0 Å². The van der Waals surface area contributed by atoms with Crippen molar-refractivity contribution in [1.82, 2.24) is 15.2 Å². The van der Waals surface area contributed by atoms with Crippen molar-refractivity contribution in [2.45, 2.75) is 26.2 Å². The number of hydrazine groups is 1. The van der Waals surface area contributed by atoms with Gasteiger partial charge < -0.3 is 4.74 Å². The van der Waals surface area contributed by atoms with Crippen LogP contribution in [0.4, 0.5) is 5.69 Å². The van der Waals surface area contributed by atoms with Gasteiger partial charge in [-0.3, -0.25) is 10.0 Å². The number of hydrogen-bond acceptors (Lipinski definition) is 5. The lowest BCUT2D eigenvalue weighted by molar-refractivity contribution is 0.0879. The van der Waals surface area contributed by atoms with Crippen molar-refractivity contribution in [2.75, 3.05) is 12.3 Å². The largest absolute Gasteiger partial charge is 0.494 e. The van der Waals surface area contributed by atoms with E-state index in [4.69, 9.17) is 4.74 Å². The minimum Gasteiger partial charge on any atom is -0.494 e. The van der Waals surface area contributed by atoms with Crippen molar-refractivity contribution in [3.8, 4) is 11.4 Å². The van der Waals surface area contributed by atoms with Gasteiger partial charge in [-0.1, -0.05) is 45.0 Å². The standard InChI is InChI=1S/C25H26N4O3/c1-25(2,3)19-10-12-23(32-4)22(16-19)29(31)27-24(30)18-9-11-20-17(15-18)7-5-8-21(20)28-14-6-13-26-28/h5-16,31H,1-4H3,(H,27,30). The van der Waals surface area contributed by atoms with Gasteiger partial charge in [0.05, 0.1) is 12.8 Å². The van der Waals surface area contributed by atoms with Crippen LogP contribution in [0, 0.1) is 0 Å². The Morgan fingerprint density at radius 1 is 1.09 bits per heavy atom. The molecular formula is C25H26N4O3. The van der Waals surface area contributed by atoms with Gasteiger partial charge in [0, 0.05) is 23.3 Å². The summed E-state index contributed by atoms with van der Waals surface area (Å²) in [5.41, 5.74) is 5.09. The number of aromatic nitrogens is 2. The third kappa shape index (κ3) is 4.15. The molecule has 164 valence electrons. The van der Waals surface area contributed by atoms with E-state index in [1.54, 1.807) is 35.1 Å². The molecule has 3 aromatic carbocycles. The van der Waals surface area contributed by atoms with Crippen molar-refractivity contribution in [3.63, 3.8) is 0 Å². The number of carbonyl (C=O) groups is 1. The third-order valence-corrected chi connectivity index (χ3v) is 5.35. The van der Waals surface area contributed by atoms with Crippen LogP contribution < -0.4 is 15.3 Å². The second-order valence-electron chi connectivity index (χ2n) is 8.55. The molecule has 1 aromatic heterocycles. The zero-order valence-corrected chi connectivity index (χ0v) is 18.5. The molecule has 0 bridgehead atoms. The number of nitrogens with one attached hydrogen (secondary N) is 1. The average Bonchev–Trinajstić information content (AvgIpc) is 3.31. The summed E-state index contributed by atoms with van der Waals surface area (Å²) in [6, 6.07) is 18.6. The first-order valence-electron chi connectivity index (χ1n) is 10.3. The molecule has 7 nitrogen and oxygen atoms in total. The highest BCUT2D eigenvalue weighted by molar-refractivity contribution is 6.00. The molecule has 32 heavy (non-hydrogen) atoms. The van der Waals surface area contributed by atoms with Gasteiger partial charge in [-0.05, 0) is 52.8 Å². The van der Waals surface area contributed by atoms with Gasteiger partial charge in [-0.2, -0.15) is 10.3 Å². The van der Waals surface area contributed by atoms with Crippen molar-refractivity contribution < 1.29 is 14.7 Å². The number of hydrogen-bond donors (Lipinski definition) is 2. The average molecular weight is 431 g/mol. The molecule has 0 aliphatic heterocycles. The Labute approximate surface area is 186 Å². The lowest BCUT2D eigenvalue weighted by atomic mass is 9.87. The predicted octanol–water partition coefficient (Wildman–Crippen LogP) is 4.87. The van der Waals surface area contributed by atoms with Crippen LogP contribution in [0.2, 0.25) is 0 Å². The number of nitrogens with zero attached hydrogens (tertiary/aromatic N) is 3. The zero-order chi connectivity index (χ0) is 22.9. The van der Waals surface area contributed by atoms with Gasteiger partial charge in [0.25, 0.3) is 5.91 Å². The molecule has 0 atom stereocenters. The zero-order valence-electron chi connectivity index (χ0n) is 18.5. The van der Waals surface area contributed by atoms with E-state index in [0.717, 1.165) is 22.0 Å². The normalized spacial score (nSPS) is 11.4. The molecule has 0 aliphatic carbocycles. The van der Waals surface area contributed by atoms with E-state index in [-0.39, 0.29) is 5.41 Å². The first kappa shape index (κ1) is 21.4. The van der Waals surface area contributed by atoms with Gasteiger partial charge in [-0.15, -0.1) is 0 Å². The molecule has 2 N–H and O–H groups in total. The van der Waals surface area contributed by atoms with Crippen LogP contribution in [0.25, 0.3) is 16.5 Å². The van der Waals surface area contributed by atoms with Crippen LogP contribution in [0.3, 0.4) is 0 Å². The quantitative estimate of drug-likeness (QED) is 0.442. The summed E-state index contributed by atoms with van der Waals surface area (Å²) in [6.07, 6.45) is 3.59. The van der Waals surface area contributed by atoms with Gasteiger partial charge in [0.15, 0.2) is 0 Å². The maximum absolute atomic E-state index is 12.9. The lowest BCUT2D eigenvalue weighted by Gasteiger charge is -2.24. The summed E-state index contributed by atoms with van der Waals surface area (Å²) in [5.74, 6) is 0.00489. The van der Waals surface area contributed by atoms with Gasteiger partial charge >= 0.3 is 0 Å². The Hall–Kier alpha value is -3.84. The maximum Gasteiger partial charge on any atom is 0.271 e. The highest BCUT2D eigenvalue weighted by Crippen LogP contribution is 2.33. The molecule has 4 rings (SSSR count). The highest BCUT2D eigenvalue weighted by atomic mass is 16.5. The number of anilines is 1. The molecule has 0 radical (unpaired) electrons. The third-order valence-electron chi connectivity index (χ3n) is 5.35. The number of benzene rings is 3. The van der Waals surface area contributed by atoms with Crippen LogP contribution in [0.1, 0.15) is 36.7 Å². The maximum atomic E-state index is 12.9. The fourth-order valence-corrected chi connectivity index (χ4v) is 3.56. The number of ether oxygens (including phenoxy) is 1. The second kappa shape index (κ2) is 8.36. The Bertz CT molecular complexity index is 1260. The molecule has 0 fully saturated rings. The van der Waals surface area contributed by atoms with Crippen molar-refractivity contribution in [1.29, 1.82) is 0 Å². The summed E-state index contributed by atoms with van der Waals surface area (Å²) in [7, 11) is 1.52. The lowest BCUT2D eigenvalue weighted by Crippen LogP contribution is -2.40. The Kier molecular flexibility index (Phi) is 5.59. The van der Waals surface area contributed by atoms with E-state index in [2.05, 4.69) is 31.3 Å². The molecule has 0 spiro atoms. The Balaban J connectivity index is 1.62. The van der Waals surface area contributed by atoms with Crippen LogP contribution in [-0.2, 0) is 5.41 Å². The van der Waals surface area contributed by atoms with Crippen LogP contribution in [-0.4, -0.2) is 28.0 Å². The van der Waals surface area contributed by atoms with Gasteiger partial charge in [0.2, 0.25) is 0 Å². The molecule has 0 aliphatic rings. The van der Waals surface area contributed by atoms with E-state index in [9.17, 15) is 10.0 Å². The molecule has 7 heteroatoms. The summed E-state index contributed by atoms with van der Waals surface area (Å²) in [5, 5.41) is 17.5. The number of fused-ring (bicyclic) bond motifs is 1. The molecule has 4 aromatic rings. The number of rotatable bonds is 5. The van der Waals surface area contributed by atoms with Crippen molar-refractivity contribution >= 4 is 22.4 Å². The van der Waals surface area contributed by atoms with E-state index < -0.39 is 5.91 Å². The summed E-state index contributed by atoms with van der Waals surface area (Å²) in [4.78, 5) is 12.9. The van der Waals surface area contributed by atoms with E-state index in [1.165, 1.54) is 7.11 Å². The topological polar surface area (TPSA) is 79.6 Å². The molecule has 0 saturated carbocycles. The van der Waals surface area contributed by atoms with E-state index in [0.29, 0.717) is 22.2 Å². The van der Waals surface area contributed by atoms with Gasteiger partial charge in [0.1, 0.15) is 11.4 Å². The smallest absolute Gasteiger partial charge is 0.271 e. The minimum atomic E-state index is -0.442. The van der Waals surface area contributed by atoms with Crippen molar-refractivity contribution in [2.24, 2.45) is 0 Å². The summed E-state index contributed by atoms with van der Waals surface area (Å²) < 4.78 is 7.15. The van der Waals surface area contributed by atoms with Crippen LogP contribution in [0.5, 0.6) is 5.75 Å². The number of carbonyl (C=O) groups excluding carboxylic acids is 1. The highest BCUT2D eigenvalue weighted by Gasteiger charge is 2.20. The van der Waals surface area contributed by atoms with Crippen molar-refractivity contribution in [3.05, 3.63) is 84.2 Å². The van der Waals surface area contributed by atoms with Crippen LogP contribution in [0.15, 0.2) is 73.1 Å². The SMILES string of the molecule is COc1ccc(C(C)(C)C)cc1N(O)NC(=O)c1ccc2c(-n3cccn3)cccc2c1. The summed E-state index contributed by atoms with van der Waals surface area (Å²) in [6.45, 7) is 6.22. The predicted molar refractivity (Wildman–Crippen MR) is 124 cm³/mol. The first-order chi connectivity index (χ1) is 15.3. The Morgan fingerprint density at radius 2 is 1.91 bits per heavy atom. The first-order valence-corrected chi connectivity index (χ1v) is 10.3. The number of methoxy groups -OCH3 is 1. The second-order valence-corrected chi connectivity index (χ2v) is 8.55.